The van der Waals surface area contributed by atoms with E-state index in [0.29, 0.717) is 11.5 Å². The van der Waals surface area contributed by atoms with Gasteiger partial charge in [-0.1, -0.05) is 18.2 Å². The Morgan fingerprint density at radius 1 is 1.38 bits per heavy atom. The molecule has 0 saturated carbocycles. The molecule has 0 saturated heterocycles. The van der Waals surface area contributed by atoms with Crippen molar-refractivity contribution < 1.29 is 19.4 Å². The molecule has 0 aliphatic rings. The van der Waals surface area contributed by atoms with Crippen molar-refractivity contribution in [2.75, 3.05) is 13.7 Å². The van der Waals surface area contributed by atoms with Crippen LogP contribution in [0.4, 0.5) is 0 Å². The van der Waals surface area contributed by atoms with Gasteiger partial charge < -0.3 is 14.6 Å². The number of carbonyl (C=O) groups excluding carboxylic acids is 1. The van der Waals surface area contributed by atoms with Gasteiger partial charge >= 0.3 is 0 Å². The van der Waals surface area contributed by atoms with Crippen LogP contribution < -0.4 is 15.0 Å². The monoisotopic (exact) mass is 354 g/mol. The van der Waals surface area contributed by atoms with Gasteiger partial charge in [0, 0.05) is 6.54 Å². The molecule has 134 valence electrons. The minimum atomic E-state index is -0.676. The van der Waals surface area contributed by atoms with Crippen molar-refractivity contribution in [2.45, 2.75) is 13.5 Å². The fraction of sp³-hybridized carbons (Fsp3) is 0.211. The second-order valence-electron chi connectivity index (χ2n) is 5.38. The van der Waals surface area contributed by atoms with Crippen molar-refractivity contribution in [3.8, 4) is 23.4 Å². The summed E-state index contributed by atoms with van der Waals surface area (Å²) in [4.78, 5) is 24.9. The highest BCUT2D eigenvalue weighted by Crippen LogP contribution is 2.27. The zero-order valence-corrected chi connectivity index (χ0v) is 14.5. The number of carbonyl (C=O) groups is 1. The quantitative estimate of drug-likeness (QED) is 0.604. The summed E-state index contributed by atoms with van der Waals surface area (Å²) in [6.45, 7) is 4.52. The number of hydrogen-bond donors (Lipinski definition) is 1. The first-order chi connectivity index (χ1) is 12.5. The molecule has 7 heteroatoms. The Labute approximate surface area is 150 Å². The Bertz CT molecular complexity index is 954. The van der Waals surface area contributed by atoms with Crippen molar-refractivity contribution in [3.05, 3.63) is 64.0 Å². The second kappa shape index (κ2) is 8.03. The highest BCUT2D eigenvalue weighted by Gasteiger charge is 2.24. The summed E-state index contributed by atoms with van der Waals surface area (Å²) in [6, 6.07) is 8.59. The number of aromatic hydroxyl groups is 1. The number of ketones is 1. The number of nitrogens with zero attached hydrogens (tertiary/aromatic N) is 2. The number of Topliss-reactive ketones (excluding diaryl/α,β-unsaturated/α-hetero) is 1. The van der Waals surface area contributed by atoms with Gasteiger partial charge in [-0.2, -0.15) is 5.26 Å². The molecule has 0 atom stereocenters. The highest BCUT2D eigenvalue weighted by molar-refractivity contribution is 6.01. The lowest BCUT2D eigenvalue weighted by Crippen LogP contribution is -2.27. The SMILES string of the molecule is C=CCn1c(O)c(C(=O)COc2ccccc2OC)c(C)c(C#N)c1=O. The molecule has 0 fully saturated rings. The van der Waals surface area contributed by atoms with Crippen LogP contribution in [-0.2, 0) is 6.54 Å². The van der Waals surface area contributed by atoms with Crippen molar-refractivity contribution in [2.24, 2.45) is 0 Å². The second-order valence-corrected chi connectivity index (χ2v) is 5.38. The predicted molar refractivity (Wildman–Crippen MR) is 94.8 cm³/mol. The first-order valence-corrected chi connectivity index (χ1v) is 7.72. The van der Waals surface area contributed by atoms with E-state index in [1.54, 1.807) is 30.3 Å². The van der Waals surface area contributed by atoms with E-state index >= 15 is 0 Å². The number of allylic oxidation sites excluding steroid dienone is 1. The zero-order valence-electron chi connectivity index (χ0n) is 14.5. The first kappa shape index (κ1) is 18.8. The summed E-state index contributed by atoms with van der Waals surface area (Å²) in [5.74, 6) is -0.267. The van der Waals surface area contributed by atoms with Gasteiger partial charge in [-0.05, 0) is 24.6 Å². The van der Waals surface area contributed by atoms with Crippen LogP contribution in [0.25, 0.3) is 0 Å². The van der Waals surface area contributed by atoms with Crippen molar-refractivity contribution in [1.82, 2.24) is 4.57 Å². The van der Waals surface area contributed by atoms with Crippen LogP contribution in [0.3, 0.4) is 0 Å². The summed E-state index contributed by atoms with van der Waals surface area (Å²) in [7, 11) is 1.48. The lowest BCUT2D eigenvalue weighted by Gasteiger charge is -2.15. The number of nitriles is 1. The smallest absolute Gasteiger partial charge is 0.271 e. The minimum absolute atomic E-state index is 0.0345. The standard InChI is InChI=1S/C19H18N2O5/c1-4-9-21-18(23)13(10-20)12(2)17(19(21)24)14(22)11-26-16-8-6-5-7-15(16)25-3/h4-8,24H,1,9,11H2,2-3H3. The van der Waals surface area contributed by atoms with Crippen LogP contribution in [0.15, 0.2) is 41.7 Å². The molecule has 2 rings (SSSR count). The molecule has 0 radical (unpaired) electrons. The number of ether oxygens (including phenoxy) is 2. The highest BCUT2D eigenvalue weighted by atomic mass is 16.5. The number of pyridine rings is 1. The van der Waals surface area contributed by atoms with Gasteiger partial charge in [0.1, 0.15) is 11.6 Å². The van der Waals surface area contributed by atoms with Gasteiger partial charge in [0.05, 0.1) is 12.7 Å². The van der Waals surface area contributed by atoms with Gasteiger partial charge in [0.25, 0.3) is 5.56 Å². The normalized spacial score (nSPS) is 10.0. The molecule has 1 heterocycles. The van der Waals surface area contributed by atoms with E-state index in [1.807, 2.05) is 0 Å². The fourth-order valence-corrected chi connectivity index (χ4v) is 2.54. The van der Waals surface area contributed by atoms with Crippen molar-refractivity contribution >= 4 is 5.78 Å². The van der Waals surface area contributed by atoms with Crippen molar-refractivity contribution in [1.29, 1.82) is 5.26 Å². The number of methoxy groups -OCH3 is 1. The minimum Gasteiger partial charge on any atom is -0.494 e. The Kier molecular flexibility index (Phi) is 5.81. The maximum Gasteiger partial charge on any atom is 0.271 e. The number of hydrogen-bond acceptors (Lipinski definition) is 6. The van der Waals surface area contributed by atoms with E-state index in [2.05, 4.69) is 6.58 Å². The maximum absolute atomic E-state index is 12.6. The number of aromatic nitrogens is 1. The molecule has 0 amide bonds. The summed E-state index contributed by atoms with van der Waals surface area (Å²) in [5.41, 5.74) is -0.892. The van der Waals surface area contributed by atoms with E-state index in [-0.39, 0.29) is 23.2 Å². The fourth-order valence-electron chi connectivity index (χ4n) is 2.54. The molecule has 1 aromatic carbocycles. The average molecular weight is 354 g/mol. The van der Waals surface area contributed by atoms with Crippen LogP contribution in [0, 0.1) is 18.3 Å². The van der Waals surface area contributed by atoms with Crippen molar-refractivity contribution in [3.63, 3.8) is 0 Å². The lowest BCUT2D eigenvalue weighted by atomic mass is 10.0. The predicted octanol–water partition coefficient (Wildman–Crippen LogP) is 2.19. The number of para-hydroxylation sites is 2. The van der Waals surface area contributed by atoms with E-state index < -0.39 is 23.8 Å². The third-order valence-corrected chi connectivity index (χ3v) is 3.82. The summed E-state index contributed by atoms with van der Waals surface area (Å²) in [6.07, 6.45) is 1.39. The third-order valence-electron chi connectivity index (χ3n) is 3.82. The Morgan fingerprint density at radius 3 is 2.62 bits per heavy atom. The van der Waals surface area contributed by atoms with Gasteiger partial charge in [0.15, 0.2) is 18.1 Å². The summed E-state index contributed by atoms with van der Waals surface area (Å²) < 4.78 is 11.6. The molecule has 0 unspecified atom stereocenters. The van der Waals surface area contributed by atoms with Gasteiger partial charge in [-0.3, -0.25) is 14.2 Å². The molecule has 0 bridgehead atoms. The van der Waals surface area contributed by atoms with Gasteiger partial charge in [0.2, 0.25) is 11.7 Å². The van der Waals surface area contributed by atoms with Crippen LogP contribution in [0.2, 0.25) is 0 Å². The molecular formula is C19H18N2O5. The molecule has 26 heavy (non-hydrogen) atoms. The topological polar surface area (TPSA) is 102 Å². The van der Waals surface area contributed by atoms with E-state index in [9.17, 15) is 20.0 Å². The first-order valence-electron chi connectivity index (χ1n) is 7.72. The molecule has 0 spiro atoms. The molecule has 0 aliphatic carbocycles. The molecule has 7 nitrogen and oxygen atoms in total. The largest absolute Gasteiger partial charge is 0.494 e. The summed E-state index contributed by atoms with van der Waals surface area (Å²) >= 11 is 0. The number of rotatable bonds is 7. The van der Waals surface area contributed by atoms with Crippen LogP contribution >= 0.6 is 0 Å². The van der Waals surface area contributed by atoms with Crippen LogP contribution in [-0.4, -0.2) is 29.2 Å². The zero-order chi connectivity index (χ0) is 19.3. The van der Waals surface area contributed by atoms with E-state index in [0.717, 1.165) is 4.57 Å². The molecule has 1 aromatic heterocycles. The van der Waals surface area contributed by atoms with E-state index in [1.165, 1.54) is 20.1 Å². The molecule has 2 aromatic rings. The Morgan fingerprint density at radius 2 is 2.04 bits per heavy atom. The molecular weight excluding hydrogens is 336 g/mol. The lowest BCUT2D eigenvalue weighted by molar-refractivity contribution is 0.0914. The van der Waals surface area contributed by atoms with E-state index in [4.69, 9.17) is 9.47 Å². The average Bonchev–Trinajstić information content (AvgIpc) is 2.64. The molecule has 0 aliphatic heterocycles. The van der Waals surface area contributed by atoms with Gasteiger partial charge in [-0.25, -0.2) is 0 Å². The van der Waals surface area contributed by atoms with Gasteiger partial charge in [-0.15, -0.1) is 6.58 Å². The Hall–Kier alpha value is -3.53. The molecule has 1 N–H and O–H groups in total. The number of benzene rings is 1. The van der Waals surface area contributed by atoms with Crippen LogP contribution in [0.5, 0.6) is 17.4 Å². The Balaban J connectivity index is 2.43. The van der Waals surface area contributed by atoms with Crippen LogP contribution in [0.1, 0.15) is 21.5 Å². The summed E-state index contributed by atoms with van der Waals surface area (Å²) in [5, 5.41) is 19.6. The maximum atomic E-state index is 12.6. The third kappa shape index (κ3) is 3.44.